The van der Waals surface area contributed by atoms with Gasteiger partial charge in [-0.15, -0.1) is 0 Å². The molecule has 0 atom stereocenters. The molecule has 0 aromatic heterocycles. The van der Waals surface area contributed by atoms with Gasteiger partial charge in [-0.1, -0.05) is 63.5 Å². The molecule has 1 fully saturated rings. The van der Waals surface area contributed by atoms with E-state index in [4.69, 9.17) is 0 Å². The molecule has 1 aromatic carbocycles. The SMILES string of the molecule is Cc1cc(C2CCCCCCCCCC2)ccc1O. The lowest BCUT2D eigenvalue weighted by Gasteiger charge is -2.18. The van der Waals surface area contributed by atoms with Gasteiger partial charge in [-0.2, -0.15) is 0 Å². The third kappa shape index (κ3) is 4.56. The summed E-state index contributed by atoms with van der Waals surface area (Å²) in [5, 5.41) is 9.66. The Hall–Kier alpha value is -0.980. The maximum atomic E-state index is 9.66. The van der Waals surface area contributed by atoms with Gasteiger partial charge in [-0.3, -0.25) is 0 Å². The predicted molar refractivity (Wildman–Crippen MR) is 81.8 cm³/mol. The van der Waals surface area contributed by atoms with Crippen LogP contribution in [-0.2, 0) is 0 Å². The van der Waals surface area contributed by atoms with E-state index in [1.54, 1.807) is 0 Å². The highest BCUT2D eigenvalue weighted by molar-refractivity contribution is 5.36. The Morgan fingerprint density at radius 2 is 1.37 bits per heavy atom. The number of rotatable bonds is 1. The minimum Gasteiger partial charge on any atom is -0.508 e. The van der Waals surface area contributed by atoms with Crippen LogP contribution in [-0.4, -0.2) is 5.11 Å². The maximum Gasteiger partial charge on any atom is 0.118 e. The molecule has 0 spiro atoms. The van der Waals surface area contributed by atoms with Crippen LogP contribution in [0.15, 0.2) is 18.2 Å². The molecule has 106 valence electrons. The van der Waals surface area contributed by atoms with Crippen molar-refractivity contribution in [3.05, 3.63) is 29.3 Å². The number of benzene rings is 1. The van der Waals surface area contributed by atoms with E-state index in [-0.39, 0.29) is 0 Å². The molecule has 0 aliphatic heterocycles. The van der Waals surface area contributed by atoms with Crippen molar-refractivity contribution in [1.29, 1.82) is 0 Å². The number of phenolic OH excluding ortho intramolecular Hbond substituents is 1. The second-order valence-corrected chi connectivity index (χ2v) is 6.15. The molecule has 1 saturated carbocycles. The van der Waals surface area contributed by atoms with E-state index in [0.717, 1.165) is 5.56 Å². The average molecular weight is 260 g/mol. The lowest BCUT2D eigenvalue weighted by molar-refractivity contribution is 0.469. The lowest BCUT2D eigenvalue weighted by Crippen LogP contribution is -2.00. The molecule has 1 N–H and O–H groups in total. The van der Waals surface area contributed by atoms with Gasteiger partial charge in [-0.25, -0.2) is 0 Å². The van der Waals surface area contributed by atoms with Gasteiger partial charge < -0.3 is 5.11 Å². The summed E-state index contributed by atoms with van der Waals surface area (Å²) in [4.78, 5) is 0. The highest BCUT2D eigenvalue weighted by Crippen LogP contribution is 2.31. The molecule has 19 heavy (non-hydrogen) atoms. The first kappa shape index (κ1) is 14.4. The Bertz CT molecular complexity index is 371. The Balaban J connectivity index is 2.02. The van der Waals surface area contributed by atoms with Gasteiger partial charge in [-0.05, 0) is 42.9 Å². The van der Waals surface area contributed by atoms with Gasteiger partial charge in [0.05, 0.1) is 0 Å². The van der Waals surface area contributed by atoms with E-state index in [2.05, 4.69) is 12.1 Å². The molecular formula is C18H28O. The lowest BCUT2D eigenvalue weighted by atomic mass is 9.88. The zero-order chi connectivity index (χ0) is 13.5. The van der Waals surface area contributed by atoms with Crippen molar-refractivity contribution in [3.8, 4) is 5.75 Å². The highest BCUT2D eigenvalue weighted by Gasteiger charge is 2.13. The molecular weight excluding hydrogens is 232 g/mol. The van der Waals surface area contributed by atoms with Crippen LogP contribution in [0, 0.1) is 6.92 Å². The van der Waals surface area contributed by atoms with Crippen molar-refractivity contribution >= 4 is 0 Å². The van der Waals surface area contributed by atoms with E-state index >= 15 is 0 Å². The third-order valence-electron chi connectivity index (χ3n) is 4.55. The van der Waals surface area contributed by atoms with Crippen LogP contribution in [0.25, 0.3) is 0 Å². The number of hydrogen-bond donors (Lipinski definition) is 1. The zero-order valence-electron chi connectivity index (χ0n) is 12.3. The summed E-state index contributed by atoms with van der Waals surface area (Å²) in [6, 6.07) is 6.20. The number of aryl methyl sites for hydroxylation is 1. The summed E-state index contributed by atoms with van der Waals surface area (Å²) in [6.45, 7) is 2.00. The molecule has 0 amide bonds. The van der Waals surface area contributed by atoms with Gasteiger partial charge in [0.2, 0.25) is 0 Å². The smallest absolute Gasteiger partial charge is 0.118 e. The minimum absolute atomic E-state index is 0.431. The molecule has 0 heterocycles. The van der Waals surface area contributed by atoms with E-state index in [1.807, 2.05) is 13.0 Å². The number of aromatic hydroxyl groups is 1. The van der Waals surface area contributed by atoms with E-state index in [0.29, 0.717) is 11.7 Å². The van der Waals surface area contributed by atoms with Gasteiger partial charge in [0.1, 0.15) is 5.75 Å². The molecule has 0 saturated heterocycles. The van der Waals surface area contributed by atoms with Crippen LogP contribution >= 0.6 is 0 Å². The molecule has 0 bridgehead atoms. The van der Waals surface area contributed by atoms with Crippen LogP contribution in [0.5, 0.6) is 5.75 Å². The van der Waals surface area contributed by atoms with Gasteiger partial charge in [0.25, 0.3) is 0 Å². The molecule has 1 nitrogen and oxygen atoms in total. The Labute approximate surface area is 118 Å². The quantitative estimate of drug-likeness (QED) is 0.686. The highest BCUT2D eigenvalue weighted by atomic mass is 16.3. The van der Waals surface area contributed by atoms with Gasteiger partial charge >= 0.3 is 0 Å². The Morgan fingerprint density at radius 3 is 1.89 bits per heavy atom. The second kappa shape index (κ2) is 7.57. The molecule has 1 heteroatoms. The fraction of sp³-hybridized carbons (Fsp3) is 0.667. The summed E-state index contributed by atoms with van der Waals surface area (Å²) < 4.78 is 0. The van der Waals surface area contributed by atoms with Crippen LogP contribution in [0.2, 0.25) is 0 Å². The first-order valence-electron chi connectivity index (χ1n) is 8.07. The van der Waals surface area contributed by atoms with Crippen molar-refractivity contribution in [3.63, 3.8) is 0 Å². The van der Waals surface area contributed by atoms with Crippen LogP contribution in [0.3, 0.4) is 0 Å². The molecule has 1 aromatic rings. The summed E-state index contributed by atoms with van der Waals surface area (Å²) in [7, 11) is 0. The molecule has 1 aliphatic carbocycles. The molecule has 1 aliphatic rings. The van der Waals surface area contributed by atoms with Crippen LogP contribution < -0.4 is 0 Å². The normalized spacial score (nSPS) is 19.8. The van der Waals surface area contributed by atoms with E-state index < -0.39 is 0 Å². The summed E-state index contributed by atoms with van der Waals surface area (Å²) in [5.74, 6) is 1.14. The molecule has 0 radical (unpaired) electrons. The van der Waals surface area contributed by atoms with Crippen molar-refractivity contribution in [2.24, 2.45) is 0 Å². The summed E-state index contributed by atoms with van der Waals surface area (Å²) >= 11 is 0. The van der Waals surface area contributed by atoms with Crippen LogP contribution in [0.4, 0.5) is 0 Å². The van der Waals surface area contributed by atoms with Gasteiger partial charge in [0, 0.05) is 0 Å². The first-order chi connectivity index (χ1) is 9.27. The number of hydrogen-bond acceptors (Lipinski definition) is 1. The Morgan fingerprint density at radius 1 is 0.842 bits per heavy atom. The van der Waals surface area contributed by atoms with Gasteiger partial charge in [0.15, 0.2) is 0 Å². The first-order valence-corrected chi connectivity index (χ1v) is 8.07. The zero-order valence-corrected chi connectivity index (χ0v) is 12.3. The van der Waals surface area contributed by atoms with Crippen LogP contribution in [0.1, 0.15) is 81.3 Å². The van der Waals surface area contributed by atoms with Crippen molar-refractivity contribution < 1.29 is 5.11 Å². The predicted octanol–water partition coefficient (Wildman–Crippen LogP) is 5.70. The topological polar surface area (TPSA) is 20.2 Å². The van der Waals surface area contributed by atoms with Crippen molar-refractivity contribution in [2.45, 2.75) is 77.0 Å². The summed E-state index contributed by atoms with van der Waals surface area (Å²) in [6.07, 6.45) is 13.9. The Kier molecular flexibility index (Phi) is 5.75. The molecule has 2 rings (SSSR count). The summed E-state index contributed by atoms with van der Waals surface area (Å²) in [5.41, 5.74) is 2.46. The third-order valence-corrected chi connectivity index (χ3v) is 4.55. The fourth-order valence-electron chi connectivity index (χ4n) is 3.25. The minimum atomic E-state index is 0.431. The molecule has 0 unspecified atom stereocenters. The average Bonchev–Trinajstić information content (AvgIpc) is 2.47. The number of phenols is 1. The maximum absolute atomic E-state index is 9.66. The second-order valence-electron chi connectivity index (χ2n) is 6.15. The standard InChI is InChI=1S/C18H28O/c1-15-14-17(12-13-18(15)19)16-10-8-6-4-2-3-5-7-9-11-16/h12-14,16,19H,2-11H2,1H3. The van der Waals surface area contributed by atoms with Crippen molar-refractivity contribution in [1.82, 2.24) is 0 Å². The van der Waals surface area contributed by atoms with E-state index in [1.165, 1.54) is 69.8 Å². The largest absolute Gasteiger partial charge is 0.508 e. The monoisotopic (exact) mass is 260 g/mol. The van der Waals surface area contributed by atoms with Crippen molar-refractivity contribution in [2.75, 3.05) is 0 Å². The van der Waals surface area contributed by atoms with E-state index in [9.17, 15) is 5.11 Å². The fourth-order valence-corrected chi connectivity index (χ4v) is 3.25.